The van der Waals surface area contributed by atoms with Gasteiger partial charge < -0.3 is 13.6 Å². The molecule has 57 heavy (non-hydrogen) atoms. The van der Waals surface area contributed by atoms with Crippen LogP contribution in [-0.4, -0.2) is 38.1 Å². The maximum atomic E-state index is 13.4. The van der Waals surface area contributed by atoms with Crippen molar-refractivity contribution in [1.29, 1.82) is 0 Å². The largest absolute Gasteiger partial charge is 0.594 e. The van der Waals surface area contributed by atoms with Crippen molar-refractivity contribution in [3.63, 3.8) is 0 Å². The number of amides is 3. The second-order valence-corrected chi connectivity index (χ2v) is 16.0. The highest BCUT2D eigenvalue weighted by atomic mass is 31.2. The Balaban J connectivity index is 1.27. The number of rotatable bonds is 22. The minimum atomic E-state index is -4.67. The summed E-state index contributed by atoms with van der Waals surface area (Å²) < 4.78 is 57.4. The van der Waals surface area contributed by atoms with Crippen LogP contribution in [0.5, 0.6) is 0 Å². The van der Waals surface area contributed by atoms with Gasteiger partial charge in [-0.3, -0.25) is 29.5 Å². The van der Waals surface area contributed by atoms with Gasteiger partial charge in [0.2, 0.25) is 0 Å². The van der Waals surface area contributed by atoms with Gasteiger partial charge in [0.15, 0.2) is 0 Å². The predicted molar refractivity (Wildman–Crippen MR) is 219 cm³/mol. The van der Waals surface area contributed by atoms with Gasteiger partial charge in [-0.25, -0.2) is 23.5 Å². The number of carbonyl (C=O) groups excluding carboxylic acids is 3. The molecule has 4 aromatic rings. The molecule has 0 aliphatic carbocycles. The Morgan fingerprint density at radius 2 is 0.737 bits per heavy atom. The lowest BCUT2D eigenvalue weighted by atomic mass is 10.0. The first-order valence-corrected chi connectivity index (χ1v) is 21.9. The maximum Gasteiger partial charge on any atom is 0.594 e. The average Bonchev–Trinajstić information content (AvgIpc) is 3.17. The second-order valence-electron chi connectivity index (χ2n) is 12.9. The number of hydrogen-bond donors (Lipinski definition) is 3. The molecule has 4 rings (SSSR count). The summed E-state index contributed by atoms with van der Waals surface area (Å²) in [4.78, 5) is 38.1. The van der Waals surface area contributed by atoms with Gasteiger partial charge >= 0.3 is 33.9 Å². The van der Waals surface area contributed by atoms with E-state index < -0.39 is 33.9 Å². The molecule has 306 valence electrons. The summed E-state index contributed by atoms with van der Waals surface area (Å²) >= 11 is 0. The monoisotopic (exact) mass is 823 g/mol. The van der Waals surface area contributed by atoms with Crippen molar-refractivity contribution in [3.05, 3.63) is 125 Å². The zero-order valence-corrected chi connectivity index (χ0v) is 34.3. The highest BCUT2D eigenvalue weighted by Crippen LogP contribution is 2.51. The van der Waals surface area contributed by atoms with Crippen LogP contribution in [-0.2, 0) is 49.1 Å². The Labute approximate surface area is 334 Å². The van der Waals surface area contributed by atoms with E-state index in [0.717, 1.165) is 35.1 Å². The zero-order chi connectivity index (χ0) is 40.9. The van der Waals surface area contributed by atoms with Crippen LogP contribution in [0.3, 0.4) is 0 Å². The van der Waals surface area contributed by atoms with E-state index in [2.05, 4.69) is 16.0 Å². The third-order valence-electron chi connectivity index (χ3n) is 8.09. The predicted octanol–water partition coefficient (Wildman–Crippen LogP) is 11.9. The Morgan fingerprint density at radius 1 is 0.439 bits per heavy atom. The Hall–Kier alpha value is -4.97. The van der Waals surface area contributed by atoms with Crippen molar-refractivity contribution in [3.8, 4) is 0 Å². The summed E-state index contributed by atoms with van der Waals surface area (Å²) in [5, 5.41) is 7.53. The fraction of sp³-hybridized carbons (Fsp3) is 0.341. The summed E-state index contributed by atoms with van der Waals surface area (Å²) in [6.45, 7) is 6.02. The van der Waals surface area contributed by atoms with E-state index in [9.17, 15) is 23.5 Å². The lowest BCUT2D eigenvalue weighted by Crippen LogP contribution is -2.19. The first-order valence-electron chi connectivity index (χ1n) is 19.0. The van der Waals surface area contributed by atoms with Crippen LogP contribution in [0, 0.1) is 0 Å². The topological polar surface area (TPSA) is 177 Å². The van der Waals surface area contributed by atoms with Crippen LogP contribution in [0.2, 0.25) is 0 Å². The summed E-state index contributed by atoms with van der Waals surface area (Å²) in [5.74, 6) is 0. The van der Waals surface area contributed by atoms with Crippen molar-refractivity contribution in [1.82, 2.24) is 0 Å². The van der Waals surface area contributed by atoms with Gasteiger partial charge in [0, 0.05) is 17.1 Å². The first-order chi connectivity index (χ1) is 27.5. The van der Waals surface area contributed by atoms with Crippen molar-refractivity contribution >= 4 is 51.0 Å². The van der Waals surface area contributed by atoms with Crippen LogP contribution >= 0.6 is 15.6 Å². The standard InChI is InChI=1S/C41H51N3O11P2/c1-4-7-27-50-56(48,51-28-8-5-2)53-39(45)42-36-23-17-34(18-24-36)31-35-19-25-38(26-20-35)44-41(47)55-57(49,52-29-9-6-3)54-40(46)43-37-21-15-33(16-22-37)30-32-13-11-10-12-14-32/h10-26H,4-9,27-31H2,1-3H3,(H,42,45)(H,43,46)(H,44,47). The SMILES string of the molecule is CCCCOP(=O)(OCCCC)OC(=O)Nc1ccc(Cc2ccc(NC(=O)OP(=O)(OCCCC)OC(=O)Nc3ccc(Cc4ccccc4)cc3)cc2)cc1. The molecule has 3 N–H and O–H groups in total. The molecule has 0 heterocycles. The lowest BCUT2D eigenvalue weighted by Gasteiger charge is -2.17. The Morgan fingerprint density at radius 3 is 1.07 bits per heavy atom. The molecule has 1 atom stereocenters. The van der Waals surface area contributed by atoms with Gasteiger partial charge in [0.1, 0.15) is 0 Å². The minimum Gasteiger partial charge on any atom is -0.353 e. The van der Waals surface area contributed by atoms with Gasteiger partial charge in [-0.1, -0.05) is 107 Å². The minimum absolute atomic E-state index is 0.0669. The van der Waals surface area contributed by atoms with Crippen molar-refractivity contribution in [2.75, 3.05) is 35.8 Å². The number of unbranched alkanes of at least 4 members (excludes halogenated alkanes) is 3. The van der Waals surface area contributed by atoms with Gasteiger partial charge in [-0.2, -0.15) is 0 Å². The highest BCUT2D eigenvalue weighted by molar-refractivity contribution is 7.49. The van der Waals surface area contributed by atoms with E-state index >= 15 is 0 Å². The van der Waals surface area contributed by atoms with E-state index in [0.29, 0.717) is 55.6 Å². The molecule has 0 fully saturated rings. The normalized spacial score (nSPS) is 12.2. The number of phosphoric ester groups is 2. The number of hydrogen-bond acceptors (Lipinski definition) is 11. The Bertz CT molecular complexity index is 1930. The molecule has 16 heteroatoms. The van der Waals surface area contributed by atoms with Crippen molar-refractivity contribution in [2.45, 2.75) is 72.1 Å². The molecule has 0 aliphatic rings. The van der Waals surface area contributed by atoms with Crippen LogP contribution in [0.4, 0.5) is 31.4 Å². The van der Waals surface area contributed by atoms with Crippen molar-refractivity contribution in [2.24, 2.45) is 0 Å². The molecule has 3 amide bonds. The Kier molecular flexibility index (Phi) is 18.3. The molecule has 0 saturated carbocycles. The van der Waals surface area contributed by atoms with E-state index in [4.69, 9.17) is 27.1 Å². The number of anilines is 3. The average molecular weight is 824 g/mol. The molecular weight excluding hydrogens is 772 g/mol. The summed E-state index contributed by atoms with van der Waals surface area (Å²) in [5.41, 5.74) is 5.11. The molecule has 1 unspecified atom stereocenters. The molecule has 0 radical (unpaired) electrons. The van der Waals surface area contributed by atoms with Gasteiger partial charge in [-0.05, 0) is 90.8 Å². The van der Waals surface area contributed by atoms with E-state index in [1.807, 2.05) is 75.4 Å². The van der Waals surface area contributed by atoms with Crippen LogP contribution in [0.25, 0.3) is 0 Å². The molecule has 0 aliphatic heterocycles. The van der Waals surface area contributed by atoms with Gasteiger partial charge in [-0.15, -0.1) is 0 Å². The molecule has 0 spiro atoms. The maximum absolute atomic E-state index is 13.4. The van der Waals surface area contributed by atoms with Crippen LogP contribution < -0.4 is 16.0 Å². The lowest BCUT2D eigenvalue weighted by molar-refractivity contribution is 0.128. The van der Waals surface area contributed by atoms with E-state index in [1.54, 1.807) is 48.5 Å². The molecule has 4 aromatic carbocycles. The van der Waals surface area contributed by atoms with E-state index in [-0.39, 0.29) is 19.8 Å². The third-order valence-corrected chi connectivity index (χ3v) is 10.8. The number of nitrogens with one attached hydrogen (secondary N) is 3. The summed E-state index contributed by atoms with van der Waals surface area (Å²) in [6.07, 6.45) is 2.11. The molecular formula is C41H51N3O11P2. The molecule has 0 aromatic heterocycles. The van der Waals surface area contributed by atoms with Gasteiger partial charge in [0.25, 0.3) is 0 Å². The first kappa shape index (κ1) is 44.7. The summed E-state index contributed by atoms with van der Waals surface area (Å²) in [7, 11) is -8.74. The molecule has 0 bridgehead atoms. The zero-order valence-electron chi connectivity index (χ0n) is 32.5. The molecule has 0 saturated heterocycles. The summed E-state index contributed by atoms with van der Waals surface area (Å²) in [6, 6.07) is 30.8. The van der Waals surface area contributed by atoms with Crippen LogP contribution in [0.15, 0.2) is 103 Å². The second kappa shape index (κ2) is 23.3. The molecule has 14 nitrogen and oxygen atoms in total. The number of benzene rings is 4. The number of carbonyl (C=O) groups is 3. The van der Waals surface area contributed by atoms with Crippen LogP contribution in [0.1, 0.15) is 81.5 Å². The van der Waals surface area contributed by atoms with E-state index in [1.165, 1.54) is 0 Å². The fourth-order valence-corrected chi connectivity index (χ4v) is 7.16. The fourth-order valence-electron chi connectivity index (χ4n) is 5.04. The third kappa shape index (κ3) is 16.6. The van der Waals surface area contributed by atoms with Gasteiger partial charge in [0.05, 0.1) is 19.8 Å². The smallest absolute Gasteiger partial charge is 0.353 e. The quantitative estimate of drug-likeness (QED) is 0.0507. The number of phosphoric acid groups is 2. The van der Waals surface area contributed by atoms with Crippen molar-refractivity contribution < 1.29 is 50.7 Å². The highest BCUT2D eigenvalue weighted by Gasteiger charge is 2.36.